The number of rotatable bonds is 6. The van der Waals surface area contributed by atoms with Crippen molar-refractivity contribution in [2.75, 3.05) is 38.7 Å². The maximum Gasteiger partial charge on any atom is 0.139 e. The minimum absolute atomic E-state index is 0.672. The average molecular weight is 209 g/mol. The highest BCUT2D eigenvalue weighted by Gasteiger charge is 2.02. The van der Waals surface area contributed by atoms with Gasteiger partial charge in [-0.15, -0.1) is 0 Å². The lowest BCUT2D eigenvalue weighted by Crippen LogP contribution is -2.27. The summed E-state index contributed by atoms with van der Waals surface area (Å²) in [5.74, 6) is 0.825. The van der Waals surface area contributed by atoms with Gasteiger partial charge in [-0.1, -0.05) is 0 Å². The van der Waals surface area contributed by atoms with Crippen molar-refractivity contribution in [3.8, 4) is 5.75 Å². The first-order chi connectivity index (χ1) is 7.27. The predicted molar refractivity (Wildman–Crippen MR) is 62.6 cm³/mol. The summed E-state index contributed by atoms with van der Waals surface area (Å²) >= 11 is 0. The number of hydrogen-bond donors (Lipinski definition) is 1. The molecule has 15 heavy (non-hydrogen) atoms. The van der Waals surface area contributed by atoms with E-state index in [0.29, 0.717) is 6.61 Å². The Labute approximate surface area is 91.3 Å². The fourth-order valence-electron chi connectivity index (χ4n) is 1.27. The van der Waals surface area contributed by atoms with Crippen molar-refractivity contribution in [1.82, 2.24) is 10.3 Å². The molecule has 84 valence electrons. The molecule has 0 unspecified atom stereocenters. The number of aromatic nitrogens is 1. The van der Waals surface area contributed by atoms with E-state index in [1.165, 1.54) is 0 Å². The number of hydrogen-bond acceptors (Lipinski definition) is 4. The van der Waals surface area contributed by atoms with E-state index in [1.54, 1.807) is 6.20 Å². The molecular weight excluding hydrogens is 190 g/mol. The van der Waals surface area contributed by atoms with Gasteiger partial charge >= 0.3 is 0 Å². The summed E-state index contributed by atoms with van der Waals surface area (Å²) in [6.45, 7) is 4.55. The number of anilines is 1. The molecule has 1 aromatic heterocycles. The molecule has 4 nitrogen and oxygen atoms in total. The van der Waals surface area contributed by atoms with Crippen molar-refractivity contribution in [1.29, 1.82) is 0 Å². The van der Waals surface area contributed by atoms with Crippen LogP contribution >= 0.6 is 0 Å². The van der Waals surface area contributed by atoms with Crippen molar-refractivity contribution >= 4 is 5.69 Å². The Bertz CT molecular complexity index is 291. The monoisotopic (exact) mass is 209 g/mol. The number of ether oxygens (including phenoxy) is 1. The SMILES string of the molecule is CCOc1cncc(N(C)CCNC)c1. The third kappa shape index (κ3) is 3.75. The first-order valence-corrected chi connectivity index (χ1v) is 5.21. The van der Waals surface area contributed by atoms with E-state index in [1.807, 2.05) is 33.3 Å². The molecule has 0 saturated carbocycles. The van der Waals surface area contributed by atoms with Gasteiger partial charge in [-0.05, 0) is 14.0 Å². The second kappa shape index (κ2) is 6.24. The highest BCUT2D eigenvalue weighted by molar-refractivity contribution is 5.47. The summed E-state index contributed by atoms with van der Waals surface area (Å²) in [5, 5.41) is 3.11. The van der Waals surface area contributed by atoms with Crippen LogP contribution in [-0.4, -0.2) is 38.8 Å². The number of nitrogens with zero attached hydrogens (tertiary/aromatic N) is 2. The van der Waals surface area contributed by atoms with Crippen LogP contribution in [0.5, 0.6) is 5.75 Å². The molecule has 0 radical (unpaired) electrons. The Balaban J connectivity index is 2.62. The normalized spacial score (nSPS) is 10.1. The molecule has 0 atom stereocenters. The lowest BCUT2D eigenvalue weighted by atomic mass is 10.3. The van der Waals surface area contributed by atoms with E-state index in [2.05, 4.69) is 15.2 Å². The molecule has 0 amide bonds. The second-order valence-corrected chi connectivity index (χ2v) is 3.34. The number of likely N-dealkylation sites (N-methyl/N-ethyl adjacent to an activating group) is 2. The molecule has 0 aliphatic heterocycles. The van der Waals surface area contributed by atoms with Crippen LogP contribution in [-0.2, 0) is 0 Å². The van der Waals surface area contributed by atoms with Crippen LogP contribution in [0.4, 0.5) is 5.69 Å². The van der Waals surface area contributed by atoms with Gasteiger partial charge in [0.15, 0.2) is 0 Å². The van der Waals surface area contributed by atoms with Gasteiger partial charge in [0.2, 0.25) is 0 Å². The lowest BCUT2D eigenvalue weighted by Gasteiger charge is -2.19. The van der Waals surface area contributed by atoms with Crippen molar-refractivity contribution in [3.05, 3.63) is 18.5 Å². The Morgan fingerprint density at radius 1 is 1.47 bits per heavy atom. The summed E-state index contributed by atoms with van der Waals surface area (Å²) < 4.78 is 5.40. The maximum atomic E-state index is 5.40. The van der Waals surface area contributed by atoms with Gasteiger partial charge in [0.05, 0.1) is 24.7 Å². The first-order valence-electron chi connectivity index (χ1n) is 5.21. The van der Waals surface area contributed by atoms with Crippen LogP contribution < -0.4 is 15.0 Å². The molecule has 0 fully saturated rings. The number of nitrogens with one attached hydrogen (secondary N) is 1. The fraction of sp³-hybridized carbons (Fsp3) is 0.545. The highest BCUT2D eigenvalue weighted by atomic mass is 16.5. The quantitative estimate of drug-likeness (QED) is 0.762. The molecule has 1 aromatic rings. The molecule has 0 spiro atoms. The zero-order chi connectivity index (χ0) is 11.1. The molecule has 4 heteroatoms. The summed E-state index contributed by atoms with van der Waals surface area (Å²) in [4.78, 5) is 6.29. The molecule has 1 heterocycles. The average Bonchev–Trinajstić information content (AvgIpc) is 2.27. The van der Waals surface area contributed by atoms with E-state index < -0.39 is 0 Å². The minimum atomic E-state index is 0.672. The van der Waals surface area contributed by atoms with Gasteiger partial charge in [-0.25, -0.2) is 0 Å². The predicted octanol–water partition coefficient (Wildman–Crippen LogP) is 1.14. The van der Waals surface area contributed by atoms with Crippen molar-refractivity contribution in [2.24, 2.45) is 0 Å². The molecule has 0 saturated heterocycles. The molecule has 0 aliphatic rings. The Morgan fingerprint density at radius 2 is 2.27 bits per heavy atom. The lowest BCUT2D eigenvalue weighted by molar-refractivity contribution is 0.339. The zero-order valence-electron chi connectivity index (χ0n) is 9.66. The zero-order valence-corrected chi connectivity index (χ0v) is 9.66. The Morgan fingerprint density at radius 3 is 2.93 bits per heavy atom. The molecule has 1 rings (SSSR count). The molecular formula is C11H19N3O. The van der Waals surface area contributed by atoms with Crippen molar-refractivity contribution in [3.63, 3.8) is 0 Å². The molecule has 1 N–H and O–H groups in total. The summed E-state index contributed by atoms with van der Waals surface area (Å²) in [7, 11) is 3.99. The first kappa shape index (κ1) is 11.8. The molecule has 0 aliphatic carbocycles. The van der Waals surface area contributed by atoms with E-state index in [9.17, 15) is 0 Å². The second-order valence-electron chi connectivity index (χ2n) is 3.34. The Hall–Kier alpha value is -1.29. The maximum absolute atomic E-state index is 5.40. The summed E-state index contributed by atoms with van der Waals surface area (Å²) in [6, 6.07) is 2.01. The summed E-state index contributed by atoms with van der Waals surface area (Å²) in [6.07, 6.45) is 3.58. The van der Waals surface area contributed by atoms with Crippen LogP contribution in [0.3, 0.4) is 0 Å². The van der Waals surface area contributed by atoms with Crippen molar-refractivity contribution < 1.29 is 4.74 Å². The topological polar surface area (TPSA) is 37.4 Å². The number of pyridine rings is 1. The van der Waals surface area contributed by atoms with Crippen LogP contribution in [0.2, 0.25) is 0 Å². The van der Waals surface area contributed by atoms with E-state index in [0.717, 1.165) is 24.5 Å². The van der Waals surface area contributed by atoms with Crippen LogP contribution in [0, 0.1) is 0 Å². The standard InChI is InChI=1S/C11H19N3O/c1-4-15-11-7-10(8-13-9-11)14(3)6-5-12-2/h7-9,12H,4-6H2,1-3H3. The van der Waals surface area contributed by atoms with Gasteiger partial charge in [0.1, 0.15) is 5.75 Å². The third-order valence-electron chi connectivity index (χ3n) is 2.15. The van der Waals surface area contributed by atoms with Gasteiger partial charge in [0, 0.05) is 26.2 Å². The molecule has 0 bridgehead atoms. The van der Waals surface area contributed by atoms with Crippen LogP contribution in [0.25, 0.3) is 0 Å². The van der Waals surface area contributed by atoms with Gasteiger partial charge in [-0.2, -0.15) is 0 Å². The fourth-order valence-corrected chi connectivity index (χ4v) is 1.27. The smallest absolute Gasteiger partial charge is 0.139 e. The van der Waals surface area contributed by atoms with Gasteiger partial charge < -0.3 is 15.0 Å². The van der Waals surface area contributed by atoms with Gasteiger partial charge in [0.25, 0.3) is 0 Å². The van der Waals surface area contributed by atoms with E-state index in [4.69, 9.17) is 4.74 Å². The highest BCUT2D eigenvalue weighted by Crippen LogP contribution is 2.17. The molecule has 0 aromatic carbocycles. The van der Waals surface area contributed by atoms with Crippen LogP contribution in [0.1, 0.15) is 6.92 Å². The third-order valence-corrected chi connectivity index (χ3v) is 2.15. The van der Waals surface area contributed by atoms with E-state index in [-0.39, 0.29) is 0 Å². The van der Waals surface area contributed by atoms with Crippen LogP contribution in [0.15, 0.2) is 18.5 Å². The van der Waals surface area contributed by atoms with Gasteiger partial charge in [-0.3, -0.25) is 4.98 Å². The Kier molecular flexibility index (Phi) is 4.90. The van der Waals surface area contributed by atoms with E-state index >= 15 is 0 Å². The van der Waals surface area contributed by atoms with Crippen molar-refractivity contribution in [2.45, 2.75) is 6.92 Å². The minimum Gasteiger partial charge on any atom is -0.492 e. The summed E-state index contributed by atoms with van der Waals surface area (Å²) in [5.41, 5.74) is 1.08. The largest absolute Gasteiger partial charge is 0.492 e.